The molecule has 0 aromatic rings. The Kier molecular flexibility index (Phi) is 5.07. The van der Waals surface area contributed by atoms with Crippen LogP contribution in [0.4, 0.5) is 0 Å². The zero-order chi connectivity index (χ0) is 8.04. The molecule has 0 rings (SSSR count). The smallest absolute Gasteiger partial charge is 0.0698 e. The molecule has 1 atom stereocenters. The molecule has 3 nitrogen and oxygen atoms in total. The lowest BCUT2D eigenvalue weighted by Gasteiger charge is -2.20. The maximum absolute atomic E-state index is 8.35. The quantitative estimate of drug-likeness (QED) is 0.385. The fourth-order valence-corrected chi connectivity index (χ4v) is 0.507. The molecule has 0 bridgehead atoms. The summed E-state index contributed by atoms with van der Waals surface area (Å²) in [5.41, 5.74) is 5.37. The molecular weight excluding hydrogens is 150 g/mol. The zero-order valence-electron chi connectivity index (χ0n) is 6.21. The Hall–Kier alpha value is 0.230. The third-order valence-electron chi connectivity index (χ3n) is 1.09. The number of rotatable bonds is 5. The van der Waals surface area contributed by atoms with Crippen molar-refractivity contribution in [3.05, 3.63) is 0 Å². The van der Waals surface area contributed by atoms with Crippen LogP contribution in [0.15, 0.2) is 0 Å². The van der Waals surface area contributed by atoms with E-state index in [1.165, 1.54) is 0 Å². The summed E-state index contributed by atoms with van der Waals surface area (Å²) in [6.45, 7) is 3.26. The van der Waals surface area contributed by atoms with Gasteiger partial charge in [-0.1, -0.05) is 0 Å². The monoisotopic (exact) mass is 165 g/mol. The predicted molar refractivity (Wildman–Crippen MR) is 44.4 cm³/mol. The van der Waals surface area contributed by atoms with Crippen LogP contribution in [0.1, 0.15) is 6.92 Å². The van der Waals surface area contributed by atoms with E-state index in [4.69, 9.17) is 15.6 Å². The van der Waals surface area contributed by atoms with Gasteiger partial charge >= 0.3 is 0 Å². The normalized spacial score (nSPS) is 16.8. The third kappa shape index (κ3) is 5.05. The van der Waals surface area contributed by atoms with Gasteiger partial charge in [-0.15, -0.1) is 0 Å². The molecule has 0 aliphatic heterocycles. The molecule has 0 aliphatic rings. The number of aliphatic hydroxyl groups is 1. The molecule has 4 heteroatoms. The average molecular weight is 165 g/mol. The number of hydrogen-bond donors (Lipinski definition) is 3. The first-order valence-electron chi connectivity index (χ1n) is 3.23. The molecule has 0 aromatic carbocycles. The second-order valence-corrected chi connectivity index (χ2v) is 3.56. The summed E-state index contributed by atoms with van der Waals surface area (Å²) in [6, 6.07) is 0. The van der Waals surface area contributed by atoms with Gasteiger partial charge in [0, 0.05) is 11.3 Å². The van der Waals surface area contributed by atoms with E-state index in [1.54, 1.807) is 0 Å². The van der Waals surface area contributed by atoms with Crippen molar-refractivity contribution in [1.82, 2.24) is 0 Å². The molecule has 3 N–H and O–H groups in total. The van der Waals surface area contributed by atoms with Gasteiger partial charge in [0.05, 0.1) is 19.8 Å². The fraction of sp³-hybridized carbons (Fsp3) is 1.00. The number of hydrogen-bond acceptors (Lipinski definition) is 4. The second-order valence-electron chi connectivity index (χ2n) is 2.48. The minimum atomic E-state index is -0.269. The van der Waals surface area contributed by atoms with E-state index >= 15 is 0 Å². The molecular formula is C6H15NO2S. The van der Waals surface area contributed by atoms with E-state index in [0.29, 0.717) is 19.8 Å². The minimum Gasteiger partial charge on any atom is -0.394 e. The highest BCUT2D eigenvalue weighted by molar-refractivity contribution is 7.81. The Bertz CT molecular complexity index is 87.8. The number of nitrogens with two attached hydrogens (primary N) is 1. The van der Waals surface area contributed by atoms with E-state index in [0.717, 1.165) is 0 Å². The van der Waals surface area contributed by atoms with Crippen molar-refractivity contribution in [2.24, 2.45) is 5.73 Å². The Labute approximate surface area is 67.0 Å². The lowest BCUT2D eigenvalue weighted by atomic mass is 10.2. The van der Waals surface area contributed by atoms with Crippen LogP contribution in [-0.2, 0) is 4.74 Å². The van der Waals surface area contributed by atoms with Gasteiger partial charge < -0.3 is 15.6 Å². The number of thiol groups is 1. The molecule has 0 saturated heterocycles. The van der Waals surface area contributed by atoms with E-state index in [-0.39, 0.29) is 11.4 Å². The van der Waals surface area contributed by atoms with Crippen molar-refractivity contribution in [2.75, 3.05) is 26.4 Å². The molecule has 0 radical (unpaired) electrons. The fourth-order valence-electron chi connectivity index (χ4n) is 0.416. The summed E-state index contributed by atoms with van der Waals surface area (Å²) in [7, 11) is 0. The first-order valence-corrected chi connectivity index (χ1v) is 3.68. The molecule has 0 heterocycles. The summed E-state index contributed by atoms with van der Waals surface area (Å²) < 4.78 is 4.76. The average Bonchev–Trinajstić information content (AvgIpc) is 1.89. The van der Waals surface area contributed by atoms with Crippen LogP contribution in [0.3, 0.4) is 0 Å². The summed E-state index contributed by atoms with van der Waals surface area (Å²) in [5.74, 6) is 0. The van der Waals surface area contributed by atoms with Crippen molar-refractivity contribution >= 4 is 12.6 Å². The largest absolute Gasteiger partial charge is 0.394 e. The molecule has 10 heavy (non-hydrogen) atoms. The van der Waals surface area contributed by atoms with Crippen LogP contribution in [0, 0.1) is 0 Å². The maximum Gasteiger partial charge on any atom is 0.0698 e. The molecule has 0 aliphatic carbocycles. The van der Waals surface area contributed by atoms with Crippen LogP contribution in [0.5, 0.6) is 0 Å². The van der Waals surface area contributed by atoms with E-state index in [2.05, 4.69) is 12.6 Å². The van der Waals surface area contributed by atoms with Crippen molar-refractivity contribution in [3.8, 4) is 0 Å². The van der Waals surface area contributed by atoms with Crippen LogP contribution >= 0.6 is 12.6 Å². The van der Waals surface area contributed by atoms with Gasteiger partial charge in [0.2, 0.25) is 0 Å². The van der Waals surface area contributed by atoms with Gasteiger partial charge in [0.15, 0.2) is 0 Å². The van der Waals surface area contributed by atoms with E-state index < -0.39 is 0 Å². The van der Waals surface area contributed by atoms with Crippen molar-refractivity contribution in [3.63, 3.8) is 0 Å². The van der Waals surface area contributed by atoms with Gasteiger partial charge in [0.1, 0.15) is 0 Å². The first kappa shape index (κ1) is 10.2. The topological polar surface area (TPSA) is 55.5 Å². The van der Waals surface area contributed by atoms with Crippen LogP contribution in [0.25, 0.3) is 0 Å². The minimum absolute atomic E-state index is 0.0500. The highest BCUT2D eigenvalue weighted by Crippen LogP contribution is 2.10. The molecule has 0 amide bonds. The van der Waals surface area contributed by atoms with Crippen molar-refractivity contribution in [2.45, 2.75) is 11.7 Å². The maximum atomic E-state index is 8.35. The molecule has 0 fully saturated rings. The number of aliphatic hydroxyl groups excluding tert-OH is 1. The lowest BCUT2D eigenvalue weighted by molar-refractivity contribution is 0.0810. The third-order valence-corrected chi connectivity index (χ3v) is 1.40. The summed E-state index contributed by atoms with van der Waals surface area (Å²) in [5, 5.41) is 8.35. The molecule has 0 spiro atoms. The van der Waals surface area contributed by atoms with Gasteiger partial charge in [-0.3, -0.25) is 0 Å². The summed E-state index contributed by atoms with van der Waals surface area (Å²) in [4.78, 5) is 0. The standard InChI is InChI=1S/C6H15NO2S/c1-6(10,4-7)5-9-3-2-8/h8,10H,2-5,7H2,1H3. The SMILES string of the molecule is CC(S)(CN)COCCO. The highest BCUT2D eigenvalue weighted by atomic mass is 32.1. The highest BCUT2D eigenvalue weighted by Gasteiger charge is 2.16. The predicted octanol–water partition coefficient (Wildman–Crippen LogP) is -0.358. The molecule has 62 valence electrons. The lowest BCUT2D eigenvalue weighted by Crippen LogP contribution is -2.33. The Morgan fingerprint density at radius 1 is 1.70 bits per heavy atom. The van der Waals surface area contributed by atoms with Crippen LogP contribution in [-0.4, -0.2) is 36.2 Å². The molecule has 1 unspecified atom stereocenters. The van der Waals surface area contributed by atoms with Crippen LogP contribution < -0.4 is 5.73 Å². The Morgan fingerprint density at radius 3 is 2.70 bits per heavy atom. The van der Waals surface area contributed by atoms with Crippen molar-refractivity contribution < 1.29 is 9.84 Å². The molecule has 0 saturated carbocycles. The Morgan fingerprint density at radius 2 is 2.30 bits per heavy atom. The Balaban J connectivity index is 3.28. The van der Waals surface area contributed by atoms with Gasteiger partial charge in [-0.2, -0.15) is 12.6 Å². The van der Waals surface area contributed by atoms with Gasteiger partial charge in [-0.25, -0.2) is 0 Å². The zero-order valence-corrected chi connectivity index (χ0v) is 7.10. The summed E-state index contributed by atoms with van der Waals surface area (Å²) in [6.07, 6.45) is 0. The molecule has 0 aromatic heterocycles. The number of ether oxygens (including phenoxy) is 1. The van der Waals surface area contributed by atoms with Crippen LogP contribution in [0.2, 0.25) is 0 Å². The van der Waals surface area contributed by atoms with E-state index in [1.807, 2.05) is 6.92 Å². The second kappa shape index (κ2) is 4.96. The summed E-state index contributed by atoms with van der Waals surface area (Å²) >= 11 is 4.23. The van der Waals surface area contributed by atoms with Gasteiger partial charge in [0.25, 0.3) is 0 Å². The van der Waals surface area contributed by atoms with Crippen molar-refractivity contribution in [1.29, 1.82) is 0 Å². The van der Waals surface area contributed by atoms with Gasteiger partial charge in [-0.05, 0) is 6.92 Å². The van der Waals surface area contributed by atoms with E-state index in [9.17, 15) is 0 Å². The first-order chi connectivity index (χ1) is 4.62.